The Morgan fingerprint density at radius 2 is 1.52 bits per heavy atom. The summed E-state index contributed by atoms with van der Waals surface area (Å²) in [5.74, 6) is 2.31. The number of aryl methyl sites for hydroxylation is 2. The van der Waals surface area contributed by atoms with Gasteiger partial charge in [-0.2, -0.15) is 0 Å². The zero-order chi connectivity index (χ0) is 16.8. The fourth-order valence-corrected chi connectivity index (χ4v) is 3.26. The fraction of sp³-hybridized carbons (Fsp3) is 0.857. The summed E-state index contributed by atoms with van der Waals surface area (Å²) in [6, 6.07) is 0. The maximum Gasteiger partial charge on any atom is 0.254 e. The van der Waals surface area contributed by atoms with Crippen LogP contribution < -0.4 is 4.57 Å². The van der Waals surface area contributed by atoms with Crippen LogP contribution in [0.15, 0.2) is 12.4 Å². The quantitative estimate of drug-likeness (QED) is 0.293. The predicted molar refractivity (Wildman–Crippen MR) is 101 cm³/mol. The van der Waals surface area contributed by atoms with Gasteiger partial charge in [0.2, 0.25) is 0 Å². The van der Waals surface area contributed by atoms with Crippen molar-refractivity contribution in [1.82, 2.24) is 4.98 Å². The molecule has 0 fully saturated rings. The summed E-state index contributed by atoms with van der Waals surface area (Å²) in [6.07, 6.45) is 22.2. The molecule has 0 aromatic carbocycles. The zero-order valence-electron chi connectivity index (χ0n) is 16.1. The van der Waals surface area contributed by atoms with Gasteiger partial charge >= 0.3 is 0 Å². The molecule has 0 bridgehead atoms. The minimum atomic E-state index is 0.875. The normalized spacial score (nSPS) is 11.5. The molecule has 2 nitrogen and oxygen atoms in total. The Hall–Kier alpha value is -0.790. The Morgan fingerprint density at radius 1 is 0.870 bits per heavy atom. The number of aromatic amines is 1. The molecule has 2 heteroatoms. The van der Waals surface area contributed by atoms with E-state index in [0.29, 0.717) is 0 Å². The number of aromatic nitrogens is 2. The summed E-state index contributed by atoms with van der Waals surface area (Å²) in [5.41, 5.74) is 0. The van der Waals surface area contributed by atoms with E-state index in [1.54, 1.807) is 0 Å². The molecule has 0 saturated heterocycles. The highest BCUT2D eigenvalue weighted by molar-refractivity contribution is 4.77. The molecule has 0 unspecified atom stereocenters. The van der Waals surface area contributed by atoms with Crippen molar-refractivity contribution >= 4 is 0 Å². The Labute approximate surface area is 145 Å². The second-order valence-electron chi connectivity index (χ2n) is 7.57. The third-order valence-corrected chi connectivity index (χ3v) is 4.80. The van der Waals surface area contributed by atoms with Crippen LogP contribution in [0.3, 0.4) is 0 Å². The molecule has 1 rings (SSSR count). The molecule has 0 atom stereocenters. The van der Waals surface area contributed by atoms with Gasteiger partial charge < -0.3 is 0 Å². The summed E-state index contributed by atoms with van der Waals surface area (Å²) in [6.45, 7) is 8.13. The van der Waals surface area contributed by atoms with Gasteiger partial charge in [-0.25, -0.2) is 9.55 Å². The molecule has 1 heterocycles. The van der Waals surface area contributed by atoms with E-state index in [2.05, 4.69) is 42.7 Å². The monoisotopic (exact) mass is 321 g/mol. The van der Waals surface area contributed by atoms with Crippen LogP contribution in [-0.2, 0) is 13.0 Å². The summed E-state index contributed by atoms with van der Waals surface area (Å²) in [4.78, 5) is 3.44. The highest BCUT2D eigenvalue weighted by Crippen LogP contribution is 2.12. The fourth-order valence-electron chi connectivity index (χ4n) is 3.26. The van der Waals surface area contributed by atoms with Crippen molar-refractivity contribution in [3.8, 4) is 0 Å². The Morgan fingerprint density at radius 3 is 2.26 bits per heavy atom. The van der Waals surface area contributed by atoms with E-state index >= 15 is 0 Å². The smallest absolute Gasteiger partial charge is 0.248 e. The van der Waals surface area contributed by atoms with Crippen molar-refractivity contribution in [2.75, 3.05) is 0 Å². The SMILES string of the molecule is CCCCCCC[n+]1cc[nH]c1CCCCCCCCC(C)C. The van der Waals surface area contributed by atoms with Crippen molar-refractivity contribution in [2.45, 2.75) is 111 Å². The van der Waals surface area contributed by atoms with E-state index in [-0.39, 0.29) is 0 Å². The number of nitrogens with one attached hydrogen (secondary N) is 1. The summed E-state index contributed by atoms with van der Waals surface area (Å²) < 4.78 is 2.44. The van der Waals surface area contributed by atoms with Crippen molar-refractivity contribution in [3.05, 3.63) is 18.2 Å². The molecule has 0 saturated carbocycles. The van der Waals surface area contributed by atoms with E-state index in [1.165, 1.54) is 95.8 Å². The molecule has 0 amide bonds. The molecule has 0 spiro atoms. The number of unbranched alkanes of at least 4 members (excludes halogenated alkanes) is 9. The molecule has 0 aliphatic heterocycles. The molecule has 134 valence electrons. The Balaban J connectivity index is 2.03. The molecular formula is C21H41N2+. The standard InChI is InChI=1S/C21H40N2/c1-4-5-6-11-14-18-23-19-17-22-21(23)16-13-10-8-7-9-12-15-20(2)3/h17,19-20H,4-16,18H2,1-3H3/p+1. The van der Waals surface area contributed by atoms with Gasteiger partial charge in [-0.15, -0.1) is 0 Å². The number of imidazole rings is 1. The second kappa shape index (κ2) is 13.6. The maximum absolute atomic E-state index is 3.44. The number of hydrogen-bond donors (Lipinski definition) is 1. The summed E-state index contributed by atoms with van der Waals surface area (Å²) in [7, 11) is 0. The number of H-pyrrole nitrogens is 1. The van der Waals surface area contributed by atoms with E-state index in [4.69, 9.17) is 0 Å². The van der Waals surface area contributed by atoms with Crippen LogP contribution in [0.5, 0.6) is 0 Å². The van der Waals surface area contributed by atoms with E-state index < -0.39 is 0 Å². The minimum absolute atomic E-state index is 0.875. The molecule has 1 aromatic heterocycles. The van der Waals surface area contributed by atoms with E-state index in [9.17, 15) is 0 Å². The zero-order valence-corrected chi connectivity index (χ0v) is 16.1. The van der Waals surface area contributed by atoms with Gasteiger partial charge in [0.1, 0.15) is 12.4 Å². The lowest BCUT2D eigenvalue weighted by molar-refractivity contribution is -0.703. The average molecular weight is 322 g/mol. The van der Waals surface area contributed by atoms with Gasteiger partial charge in [0.25, 0.3) is 5.82 Å². The van der Waals surface area contributed by atoms with Crippen LogP contribution in [0.2, 0.25) is 0 Å². The predicted octanol–water partition coefficient (Wildman–Crippen LogP) is 6.20. The molecule has 0 radical (unpaired) electrons. The van der Waals surface area contributed by atoms with Crippen molar-refractivity contribution in [3.63, 3.8) is 0 Å². The van der Waals surface area contributed by atoms with Crippen molar-refractivity contribution in [2.24, 2.45) is 5.92 Å². The van der Waals surface area contributed by atoms with Crippen LogP contribution in [-0.4, -0.2) is 4.98 Å². The largest absolute Gasteiger partial charge is 0.254 e. The topological polar surface area (TPSA) is 19.7 Å². The number of nitrogens with zero attached hydrogens (tertiary/aromatic N) is 1. The van der Waals surface area contributed by atoms with Gasteiger partial charge in [0, 0.05) is 6.42 Å². The highest BCUT2D eigenvalue weighted by atomic mass is 15.1. The van der Waals surface area contributed by atoms with Gasteiger partial charge in [0.15, 0.2) is 0 Å². The molecule has 1 aromatic rings. The Bertz CT molecular complexity index is 368. The highest BCUT2D eigenvalue weighted by Gasteiger charge is 2.09. The van der Waals surface area contributed by atoms with E-state index in [0.717, 1.165) is 5.92 Å². The molecule has 0 aliphatic rings. The lowest BCUT2D eigenvalue weighted by Gasteiger charge is -2.04. The van der Waals surface area contributed by atoms with Crippen LogP contribution in [0.1, 0.15) is 104 Å². The van der Waals surface area contributed by atoms with E-state index in [1.807, 2.05) is 0 Å². The van der Waals surface area contributed by atoms with Crippen LogP contribution in [0.25, 0.3) is 0 Å². The maximum atomic E-state index is 3.44. The molecule has 1 N–H and O–H groups in total. The van der Waals surface area contributed by atoms with Gasteiger partial charge in [-0.3, -0.25) is 0 Å². The molecule has 0 aliphatic carbocycles. The van der Waals surface area contributed by atoms with Gasteiger partial charge in [-0.1, -0.05) is 78.6 Å². The molecular weight excluding hydrogens is 280 g/mol. The first-order chi connectivity index (χ1) is 11.2. The minimum Gasteiger partial charge on any atom is -0.248 e. The third kappa shape index (κ3) is 10.6. The second-order valence-corrected chi connectivity index (χ2v) is 7.57. The number of rotatable bonds is 15. The molecule has 23 heavy (non-hydrogen) atoms. The van der Waals surface area contributed by atoms with Crippen LogP contribution in [0, 0.1) is 5.92 Å². The average Bonchev–Trinajstić information content (AvgIpc) is 2.97. The van der Waals surface area contributed by atoms with Gasteiger partial charge in [-0.05, 0) is 25.2 Å². The van der Waals surface area contributed by atoms with Gasteiger partial charge in [0.05, 0.1) is 6.54 Å². The third-order valence-electron chi connectivity index (χ3n) is 4.80. The van der Waals surface area contributed by atoms with Crippen LogP contribution >= 0.6 is 0 Å². The lowest BCUT2D eigenvalue weighted by atomic mass is 10.0. The number of hydrogen-bond acceptors (Lipinski definition) is 0. The Kier molecular flexibility index (Phi) is 12.0. The first kappa shape index (κ1) is 20.3. The first-order valence-corrected chi connectivity index (χ1v) is 10.3. The summed E-state index contributed by atoms with van der Waals surface area (Å²) >= 11 is 0. The first-order valence-electron chi connectivity index (χ1n) is 10.3. The lowest BCUT2D eigenvalue weighted by Crippen LogP contribution is -2.36. The summed E-state index contributed by atoms with van der Waals surface area (Å²) in [5, 5.41) is 0. The van der Waals surface area contributed by atoms with Crippen LogP contribution in [0.4, 0.5) is 0 Å². The van der Waals surface area contributed by atoms with Crippen molar-refractivity contribution in [1.29, 1.82) is 0 Å². The van der Waals surface area contributed by atoms with Crippen molar-refractivity contribution < 1.29 is 4.57 Å².